The molecule has 0 N–H and O–H groups in total. The van der Waals surface area contributed by atoms with E-state index in [0.717, 1.165) is 0 Å². The summed E-state index contributed by atoms with van der Waals surface area (Å²) in [5.74, 6) is 0. The Bertz CT molecular complexity index is 1030. The number of rotatable bonds is 0. The van der Waals surface area contributed by atoms with Crippen LogP contribution in [0.1, 0.15) is 22.3 Å². The van der Waals surface area contributed by atoms with Crippen LogP contribution in [0.25, 0.3) is 32.3 Å². The summed E-state index contributed by atoms with van der Waals surface area (Å²) in [6, 6.07) is 18.6. The smallest absolute Gasteiger partial charge is 0.00611 e. The molecule has 0 bridgehead atoms. The van der Waals surface area contributed by atoms with Crippen LogP contribution < -0.4 is 0 Å². The number of hydrogen-bond acceptors (Lipinski definition) is 0. The molecule has 0 heterocycles. The van der Waals surface area contributed by atoms with Crippen LogP contribution in [-0.2, 0) is 25.7 Å². The molecule has 0 fully saturated rings. The lowest BCUT2D eigenvalue weighted by Crippen LogP contribution is -2.07. The second-order valence-corrected chi connectivity index (χ2v) is 6.81. The maximum absolute atomic E-state index is 2.40. The van der Waals surface area contributed by atoms with Crippen molar-refractivity contribution in [3.63, 3.8) is 0 Å². The Kier molecular flexibility index (Phi) is 1.89. The quantitative estimate of drug-likeness (QED) is 0.381. The Hall–Kier alpha value is -2.34. The highest BCUT2D eigenvalue weighted by Gasteiger charge is 2.23. The molecule has 4 aromatic carbocycles. The molecular formula is C22H16. The lowest BCUT2D eigenvalue weighted by atomic mass is 9.78. The monoisotopic (exact) mass is 280 g/mol. The second-order valence-electron chi connectivity index (χ2n) is 6.81. The molecule has 6 rings (SSSR count). The first-order valence-corrected chi connectivity index (χ1v) is 8.31. The van der Waals surface area contributed by atoms with E-state index >= 15 is 0 Å². The molecule has 22 heavy (non-hydrogen) atoms. The molecule has 0 saturated carbocycles. The zero-order chi connectivity index (χ0) is 14.3. The van der Waals surface area contributed by atoms with Crippen molar-refractivity contribution in [1.82, 2.24) is 0 Å². The molecule has 2 aliphatic rings. The van der Waals surface area contributed by atoms with Crippen LogP contribution in [0.2, 0.25) is 0 Å². The first-order chi connectivity index (χ1) is 10.9. The molecule has 0 atom stereocenters. The van der Waals surface area contributed by atoms with Crippen molar-refractivity contribution in [3.05, 3.63) is 70.8 Å². The van der Waals surface area contributed by atoms with Crippen molar-refractivity contribution < 1.29 is 0 Å². The second kappa shape index (κ2) is 3.70. The first kappa shape index (κ1) is 11.3. The van der Waals surface area contributed by atoms with Gasteiger partial charge in [-0.25, -0.2) is 0 Å². The van der Waals surface area contributed by atoms with Gasteiger partial charge in [0.05, 0.1) is 0 Å². The van der Waals surface area contributed by atoms with Gasteiger partial charge < -0.3 is 0 Å². The van der Waals surface area contributed by atoms with Crippen molar-refractivity contribution in [2.24, 2.45) is 0 Å². The van der Waals surface area contributed by atoms with E-state index in [1.54, 1.807) is 33.0 Å². The molecule has 104 valence electrons. The van der Waals surface area contributed by atoms with E-state index in [1.165, 1.54) is 47.2 Å². The third-order valence-electron chi connectivity index (χ3n) is 5.80. The van der Waals surface area contributed by atoms with Crippen LogP contribution in [0.15, 0.2) is 48.5 Å². The van der Waals surface area contributed by atoms with E-state index in [2.05, 4.69) is 48.5 Å². The van der Waals surface area contributed by atoms with Crippen molar-refractivity contribution in [2.75, 3.05) is 0 Å². The van der Waals surface area contributed by atoms with Gasteiger partial charge in [-0.3, -0.25) is 0 Å². The van der Waals surface area contributed by atoms with E-state index in [9.17, 15) is 0 Å². The lowest BCUT2D eigenvalue weighted by molar-refractivity contribution is 0.949. The average Bonchev–Trinajstić information content (AvgIpc) is 2.59. The molecule has 0 radical (unpaired) electrons. The van der Waals surface area contributed by atoms with Gasteiger partial charge in [-0.15, -0.1) is 0 Å². The maximum atomic E-state index is 2.40. The van der Waals surface area contributed by atoms with Crippen molar-refractivity contribution in [2.45, 2.75) is 25.7 Å². The molecule has 0 unspecified atom stereocenters. The minimum atomic E-state index is 1.18. The van der Waals surface area contributed by atoms with Crippen molar-refractivity contribution in [1.29, 1.82) is 0 Å². The third-order valence-corrected chi connectivity index (χ3v) is 5.80. The largest absolute Gasteiger partial charge is 0.0613 e. The van der Waals surface area contributed by atoms with E-state index in [4.69, 9.17) is 0 Å². The topological polar surface area (TPSA) is 0 Å². The summed E-state index contributed by atoms with van der Waals surface area (Å²) >= 11 is 0. The van der Waals surface area contributed by atoms with E-state index < -0.39 is 0 Å². The average molecular weight is 280 g/mol. The molecule has 0 spiro atoms. The van der Waals surface area contributed by atoms with Crippen molar-refractivity contribution in [3.8, 4) is 0 Å². The number of benzene rings is 4. The normalized spacial score (nSPS) is 15.5. The van der Waals surface area contributed by atoms with Gasteiger partial charge in [-0.05, 0) is 80.3 Å². The molecule has 0 amide bonds. The van der Waals surface area contributed by atoms with Crippen LogP contribution in [0, 0.1) is 0 Å². The van der Waals surface area contributed by atoms with Crippen LogP contribution in [0.3, 0.4) is 0 Å². The molecule has 0 nitrogen and oxygen atoms in total. The Balaban J connectivity index is 2.11. The third kappa shape index (κ3) is 1.17. The van der Waals surface area contributed by atoms with E-state index in [1.807, 2.05) is 0 Å². The zero-order valence-corrected chi connectivity index (χ0v) is 12.4. The van der Waals surface area contributed by atoms with Gasteiger partial charge in [0, 0.05) is 0 Å². The summed E-state index contributed by atoms with van der Waals surface area (Å²) in [4.78, 5) is 0. The number of aryl methyl sites for hydroxylation is 4. The Labute approximate surface area is 129 Å². The van der Waals surface area contributed by atoms with Gasteiger partial charge in [0.25, 0.3) is 0 Å². The van der Waals surface area contributed by atoms with Gasteiger partial charge in [-0.1, -0.05) is 48.5 Å². The van der Waals surface area contributed by atoms with Crippen molar-refractivity contribution >= 4 is 32.3 Å². The summed E-state index contributed by atoms with van der Waals surface area (Å²) in [5.41, 5.74) is 6.20. The predicted molar refractivity (Wildman–Crippen MR) is 93.8 cm³/mol. The summed E-state index contributed by atoms with van der Waals surface area (Å²) < 4.78 is 0. The Morgan fingerprint density at radius 2 is 0.818 bits per heavy atom. The van der Waals surface area contributed by atoms with Crippen LogP contribution >= 0.6 is 0 Å². The lowest BCUT2D eigenvalue weighted by Gasteiger charge is -2.26. The minimum Gasteiger partial charge on any atom is -0.0613 e. The van der Waals surface area contributed by atoms with Crippen LogP contribution in [-0.4, -0.2) is 0 Å². The summed E-state index contributed by atoms with van der Waals surface area (Å²) in [7, 11) is 0. The first-order valence-electron chi connectivity index (χ1n) is 8.31. The molecule has 0 aliphatic heterocycles. The highest BCUT2D eigenvalue weighted by atomic mass is 14.3. The van der Waals surface area contributed by atoms with E-state index in [-0.39, 0.29) is 0 Å². The minimum absolute atomic E-state index is 1.18. The molecule has 2 aliphatic carbocycles. The number of fused-ring (bicyclic) bond motifs is 1. The molecule has 0 saturated heterocycles. The van der Waals surface area contributed by atoms with Crippen LogP contribution in [0.4, 0.5) is 0 Å². The van der Waals surface area contributed by atoms with E-state index in [0.29, 0.717) is 0 Å². The fraction of sp³-hybridized carbons (Fsp3) is 0.182. The highest BCUT2D eigenvalue weighted by molar-refractivity contribution is 6.29. The Morgan fingerprint density at radius 3 is 1.27 bits per heavy atom. The molecular weight excluding hydrogens is 264 g/mol. The highest BCUT2D eigenvalue weighted by Crippen LogP contribution is 2.45. The summed E-state index contributed by atoms with van der Waals surface area (Å²) in [6.07, 6.45) is 4.75. The summed E-state index contributed by atoms with van der Waals surface area (Å²) in [5, 5.41) is 9.12. The molecule has 0 aromatic heterocycles. The zero-order valence-electron chi connectivity index (χ0n) is 12.4. The van der Waals surface area contributed by atoms with Gasteiger partial charge >= 0.3 is 0 Å². The fourth-order valence-electron chi connectivity index (χ4n) is 4.87. The molecule has 4 aromatic rings. The van der Waals surface area contributed by atoms with Gasteiger partial charge in [-0.2, -0.15) is 0 Å². The predicted octanol–water partition coefficient (Wildman–Crippen LogP) is 5.34. The summed E-state index contributed by atoms with van der Waals surface area (Å²) in [6.45, 7) is 0. The fourth-order valence-corrected chi connectivity index (χ4v) is 4.87. The number of hydrogen-bond donors (Lipinski definition) is 0. The van der Waals surface area contributed by atoms with Gasteiger partial charge in [0.2, 0.25) is 0 Å². The van der Waals surface area contributed by atoms with Gasteiger partial charge in [0.15, 0.2) is 0 Å². The van der Waals surface area contributed by atoms with Gasteiger partial charge in [0.1, 0.15) is 0 Å². The standard InChI is InChI=1S/C22H16/c1-3-13-7-9-15-11-12-16-10-8-14-4-2-6-18-17(5-1)19(13)21(15)22(16)20(14)18/h1-6,11-12H,7-10H2. The van der Waals surface area contributed by atoms with Crippen LogP contribution in [0.5, 0.6) is 0 Å². The Morgan fingerprint density at radius 1 is 0.409 bits per heavy atom. The maximum Gasteiger partial charge on any atom is -0.00611 e. The molecule has 0 heteroatoms. The SMILES string of the molecule is c1cc2c3c(c1)c1cccc4c1c1c(ccc(c31)CC2)CC4.